The van der Waals surface area contributed by atoms with E-state index < -0.39 is 5.97 Å². The van der Waals surface area contributed by atoms with E-state index in [9.17, 15) is 4.79 Å². The number of esters is 1. The fraction of sp³-hybridized carbons (Fsp3) is 0.0833. The van der Waals surface area contributed by atoms with E-state index in [0.29, 0.717) is 5.56 Å². The van der Waals surface area contributed by atoms with Crippen molar-refractivity contribution in [2.24, 2.45) is 0 Å². The van der Waals surface area contributed by atoms with Gasteiger partial charge in [-0.15, -0.1) is 0 Å². The van der Waals surface area contributed by atoms with Crippen LogP contribution in [0.5, 0.6) is 0 Å². The first-order chi connectivity index (χ1) is 7.77. The zero-order valence-corrected chi connectivity index (χ0v) is 8.73. The second-order valence-corrected chi connectivity index (χ2v) is 3.28. The Hall–Kier alpha value is -2.23. The van der Waals surface area contributed by atoms with Crippen molar-refractivity contribution >= 4 is 22.4 Å². The van der Waals surface area contributed by atoms with E-state index in [1.807, 2.05) is 24.3 Å². The van der Waals surface area contributed by atoms with Crippen molar-refractivity contribution < 1.29 is 14.6 Å². The van der Waals surface area contributed by atoms with Gasteiger partial charge in [0, 0.05) is 22.7 Å². The van der Waals surface area contributed by atoms with Gasteiger partial charge >= 0.3 is 5.97 Å². The molecule has 2 aromatic rings. The number of methoxy groups -OCH3 is 1. The molecule has 0 amide bonds. The van der Waals surface area contributed by atoms with Crippen LogP contribution in [0.2, 0.25) is 0 Å². The molecule has 82 valence electrons. The predicted molar refractivity (Wildman–Crippen MR) is 60.9 cm³/mol. The topological polar surface area (TPSA) is 62.3 Å². The number of carbonyl (C=O) groups excluding carboxylic acids is 1. The Morgan fingerprint density at radius 3 is 2.88 bits per heavy atom. The number of nitrogens with one attached hydrogen (secondary N) is 1. The van der Waals surface area contributed by atoms with Gasteiger partial charge in [0.15, 0.2) is 0 Å². The molecule has 0 saturated carbocycles. The molecule has 1 heterocycles. The number of aliphatic hydroxyl groups is 1. The summed E-state index contributed by atoms with van der Waals surface area (Å²) < 4.78 is 4.59. The summed E-state index contributed by atoms with van der Waals surface area (Å²) >= 11 is 0. The average Bonchev–Trinajstić information content (AvgIpc) is 2.74. The lowest BCUT2D eigenvalue weighted by molar-refractivity contribution is -0.133. The third-order valence-electron chi connectivity index (χ3n) is 2.41. The third-order valence-corrected chi connectivity index (χ3v) is 2.41. The summed E-state index contributed by atoms with van der Waals surface area (Å²) in [6.07, 6.45) is 2.44. The maximum atomic E-state index is 11.4. The second-order valence-electron chi connectivity index (χ2n) is 3.28. The van der Waals surface area contributed by atoms with Crippen molar-refractivity contribution in [2.75, 3.05) is 7.11 Å². The van der Waals surface area contributed by atoms with Gasteiger partial charge in [-0.05, 0) is 6.07 Å². The van der Waals surface area contributed by atoms with Gasteiger partial charge in [-0.3, -0.25) is 0 Å². The number of aromatic amines is 1. The Morgan fingerprint density at radius 2 is 2.19 bits per heavy atom. The maximum Gasteiger partial charge on any atom is 0.341 e. The van der Waals surface area contributed by atoms with E-state index in [4.69, 9.17) is 5.11 Å². The van der Waals surface area contributed by atoms with Crippen molar-refractivity contribution in [1.82, 2.24) is 4.98 Å². The van der Waals surface area contributed by atoms with Crippen molar-refractivity contribution in [3.8, 4) is 0 Å². The van der Waals surface area contributed by atoms with Gasteiger partial charge in [0.05, 0.1) is 13.4 Å². The number of para-hydroxylation sites is 1. The minimum Gasteiger partial charge on any atom is -0.515 e. The molecule has 0 spiro atoms. The zero-order chi connectivity index (χ0) is 11.5. The molecule has 16 heavy (non-hydrogen) atoms. The highest BCUT2D eigenvalue weighted by Crippen LogP contribution is 2.25. The van der Waals surface area contributed by atoms with Gasteiger partial charge in [0.2, 0.25) is 0 Å². The fourth-order valence-electron chi connectivity index (χ4n) is 1.64. The number of benzene rings is 1. The van der Waals surface area contributed by atoms with Crippen LogP contribution in [0.1, 0.15) is 5.56 Å². The first-order valence-electron chi connectivity index (χ1n) is 4.77. The largest absolute Gasteiger partial charge is 0.515 e. The molecule has 0 aliphatic rings. The Labute approximate surface area is 92.2 Å². The first-order valence-corrected chi connectivity index (χ1v) is 4.77. The van der Waals surface area contributed by atoms with Crippen LogP contribution in [-0.4, -0.2) is 23.2 Å². The SMILES string of the molecule is COC(=O)/C(=C/O)c1c[nH]c2ccccc12. The highest BCUT2D eigenvalue weighted by Gasteiger charge is 2.16. The number of aromatic nitrogens is 1. The fourth-order valence-corrected chi connectivity index (χ4v) is 1.64. The summed E-state index contributed by atoms with van der Waals surface area (Å²) in [7, 11) is 1.28. The highest BCUT2D eigenvalue weighted by atomic mass is 16.5. The Kier molecular flexibility index (Phi) is 2.64. The van der Waals surface area contributed by atoms with Crippen LogP contribution in [0.4, 0.5) is 0 Å². The predicted octanol–water partition coefficient (Wildman–Crippen LogP) is 2.24. The molecule has 4 nitrogen and oxygen atoms in total. The zero-order valence-electron chi connectivity index (χ0n) is 8.73. The molecule has 0 bridgehead atoms. The van der Waals surface area contributed by atoms with E-state index in [1.54, 1.807) is 6.20 Å². The number of H-pyrrole nitrogens is 1. The molecule has 4 heteroatoms. The van der Waals surface area contributed by atoms with E-state index >= 15 is 0 Å². The number of hydrogen-bond acceptors (Lipinski definition) is 3. The van der Waals surface area contributed by atoms with E-state index in [0.717, 1.165) is 17.2 Å². The Morgan fingerprint density at radius 1 is 1.44 bits per heavy atom. The summed E-state index contributed by atoms with van der Waals surface area (Å²) in [5, 5.41) is 9.95. The van der Waals surface area contributed by atoms with E-state index in [1.165, 1.54) is 7.11 Å². The van der Waals surface area contributed by atoms with Crippen LogP contribution in [0.15, 0.2) is 36.7 Å². The highest BCUT2D eigenvalue weighted by molar-refractivity contribution is 6.19. The third kappa shape index (κ3) is 1.54. The molecule has 0 saturated heterocycles. The molecular formula is C12H11NO3. The summed E-state index contributed by atoms with van der Waals surface area (Å²) in [5.41, 5.74) is 1.67. The lowest BCUT2D eigenvalue weighted by Gasteiger charge is -2.01. The van der Waals surface area contributed by atoms with Gasteiger partial charge in [-0.2, -0.15) is 0 Å². The normalized spacial score (nSPS) is 11.7. The molecular weight excluding hydrogens is 206 g/mol. The molecule has 2 N–H and O–H groups in total. The van der Waals surface area contributed by atoms with Crippen LogP contribution in [0.25, 0.3) is 16.5 Å². The van der Waals surface area contributed by atoms with Crippen LogP contribution < -0.4 is 0 Å². The van der Waals surface area contributed by atoms with Crippen LogP contribution in [0, 0.1) is 0 Å². The second kappa shape index (κ2) is 4.10. The van der Waals surface area contributed by atoms with Crippen LogP contribution in [-0.2, 0) is 9.53 Å². The number of aliphatic hydroxyl groups excluding tert-OH is 1. The number of ether oxygens (including phenoxy) is 1. The monoisotopic (exact) mass is 217 g/mol. The van der Waals surface area contributed by atoms with Gasteiger partial charge in [0.25, 0.3) is 0 Å². The smallest absolute Gasteiger partial charge is 0.341 e. The molecule has 0 atom stereocenters. The van der Waals surface area contributed by atoms with Crippen molar-refractivity contribution in [1.29, 1.82) is 0 Å². The average molecular weight is 217 g/mol. The quantitative estimate of drug-likeness (QED) is 0.460. The molecule has 1 aromatic heterocycles. The minimum absolute atomic E-state index is 0.139. The first kappa shape index (κ1) is 10.3. The number of rotatable bonds is 2. The van der Waals surface area contributed by atoms with Crippen LogP contribution >= 0.6 is 0 Å². The van der Waals surface area contributed by atoms with Crippen LogP contribution in [0.3, 0.4) is 0 Å². The molecule has 0 radical (unpaired) electrons. The van der Waals surface area contributed by atoms with Crippen molar-refractivity contribution in [2.45, 2.75) is 0 Å². The molecule has 2 rings (SSSR count). The summed E-state index contributed by atoms with van der Waals surface area (Å²) in [6, 6.07) is 7.52. The Bertz CT molecular complexity index is 554. The van der Waals surface area contributed by atoms with Crippen molar-refractivity contribution in [3.63, 3.8) is 0 Å². The summed E-state index contributed by atoms with van der Waals surface area (Å²) in [4.78, 5) is 14.4. The summed E-state index contributed by atoms with van der Waals surface area (Å²) in [6.45, 7) is 0. The van der Waals surface area contributed by atoms with Gasteiger partial charge in [-0.1, -0.05) is 18.2 Å². The summed E-state index contributed by atoms with van der Waals surface area (Å²) in [5.74, 6) is -0.563. The van der Waals surface area contributed by atoms with E-state index in [-0.39, 0.29) is 5.57 Å². The van der Waals surface area contributed by atoms with Gasteiger partial charge < -0.3 is 14.8 Å². The number of fused-ring (bicyclic) bond motifs is 1. The lowest BCUT2D eigenvalue weighted by atomic mass is 10.1. The molecule has 1 aromatic carbocycles. The number of carbonyl (C=O) groups is 1. The lowest BCUT2D eigenvalue weighted by Crippen LogP contribution is -2.03. The Balaban J connectivity index is 2.59. The standard InChI is InChI=1S/C12H11NO3/c1-16-12(15)10(7-14)9-6-13-11-5-3-2-4-8(9)11/h2-7,13-14H,1H3/b10-7+. The van der Waals surface area contributed by atoms with Crippen molar-refractivity contribution in [3.05, 3.63) is 42.3 Å². The molecule has 0 aliphatic heterocycles. The van der Waals surface area contributed by atoms with E-state index in [2.05, 4.69) is 9.72 Å². The molecule has 0 fully saturated rings. The minimum atomic E-state index is -0.563. The number of hydrogen-bond donors (Lipinski definition) is 2. The van der Waals surface area contributed by atoms with Gasteiger partial charge in [-0.25, -0.2) is 4.79 Å². The molecule has 0 aliphatic carbocycles. The molecule has 0 unspecified atom stereocenters. The maximum absolute atomic E-state index is 11.4. The van der Waals surface area contributed by atoms with Gasteiger partial charge in [0.1, 0.15) is 5.57 Å².